The van der Waals surface area contributed by atoms with E-state index in [1.54, 1.807) is 22.7 Å². The normalized spacial score (nSPS) is 12.9. The minimum atomic E-state index is 0.294. The fraction of sp³-hybridized carbons (Fsp3) is 0.333. The predicted molar refractivity (Wildman–Crippen MR) is 59.5 cm³/mol. The Morgan fingerprint density at radius 1 is 1.29 bits per heavy atom. The van der Waals surface area contributed by atoms with Crippen molar-refractivity contribution in [1.29, 1.82) is 0 Å². The second-order valence-corrected chi connectivity index (χ2v) is 4.43. The minimum Gasteiger partial charge on any atom is -0.303 e. The summed E-state index contributed by atoms with van der Waals surface area (Å²) in [6.45, 7) is 2.92. The molecule has 2 aromatic rings. The van der Waals surface area contributed by atoms with Crippen molar-refractivity contribution in [2.75, 3.05) is 0 Å². The highest BCUT2D eigenvalue weighted by Gasteiger charge is 2.06. The van der Waals surface area contributed by atoms with Crippen molar-refractivity contribution in [2.24, 2.45) is 0 Å². The summed E-state index contributed by atoms with van der Waals surface area (Å²) in [5, 5.41) is 7.50. The zero-order valence-electron chi connectivity index (χ0n) is 7.80. The van der Waals surface area contributed by atoms with Gasteiger partial charge in [-0.3, -0.25) is 0 Å². The van der Waals surface area contributed by atoms with Crippen LogP contribution < -0.4 is 5.32 Å². The molecular formula is C9H11N3S2. The van der Waals surface area contributed by atoms with Crippen molar-refractivity contribution in [1.82, 2.24) is 15.3 Å². The first-order chi connectivity index (χ1) is 6.86. The number of nitrogens with zero attached hydrogens (tertiary/aromatic N) is 2. The molecular weight excluding hydrogens is 214 g/mol. The summed E-state index contributed by atoms with van der Waals surface area (Å²) in [4.78, 5) is 8.46. The van der Waals surface area contributed by atoms with Crippen LogP contribution in [0.2, 0.25) is 0 Å². The van der Waals surface area contributed by atoms with Crippen molar-refractivity contribution >= 4 is 22.7 Å². The molecule has 0 aliphatic rings. The molecule has 0 saturated heterocycles. The Labute approximate surface area is 90.9 Å². The molecule has 2 aromatic heterocycles. The average molecular weight is 225 g/mol. The molecule has 0 aliphatic heterocycles. The van der Waals surface area contributed by atoms with Gasteiger partial charge in [0.15, 0.2) is 0 Å². The lowest BCUT2D eigenvalue weighted by molar-refractivity contribution is 0.559. The van der Waals surface area contributed by atoms with Gasteiger partial charge in [-0.1, -0.05) is 0 Å². The summed E-state index contributed by atoms with van der Waals surface area (Å²) in [5.74, 6) is 0. The largest absolute Gasteiger partial charge is 0.303 e. The molecule has 74 valence electrons. The first-order valence-corrected chi connectivity index (χ1v) is 6.23. The Hall–Kier alpha value is -0.780. The van der Waals surface area contributed by atoms with E-state index in [4.69, 9.17) is 0 Å². The molecule has 1 unspecified atom stereocenters. The Morgan fingerprint density at radius 2 is 2.07 bits per heavy atom. The van der Waals surface area contributed by atoms with Crippen LogP contribution in [0.3, 0.4) is 0 Å². The number of aromatic nitrogens is 2. The van der Waals surface area contributed by atoms with Crippen LogP contribution in [0.5, 0.6) is 0 Å². The number of thiazole rings is 2. The van der Waals surface area contributed by atoms with Crippen LogP contribution in [0, 0.1) is 0 Å². The van der Waals surface area contributed by atoms with Crippen LogP contribution in [0.4, 0.5) is 0 Å². The van der Waals surface area contributed by atoms with Crippen molar-refractivity contribution in [3.8, 4) is 0 Å². The Morgan fingerprint density at radius 3 is 2.71 bits per heavy atom. The van der Waals surface area contributed by atoms with E-state index in [9.17, 15) is 0 Å². The average Bonchev–Trinajstić information content (AvgIpc) is 2.87. The lowest BCUT2D eigenvalue weighted by Crippen LogP contribution is -2.18. The van der Waals surface area contributed by atoms with Gasteiger partial charge < -0.3 is 5.32 Å². The van der Waals surface area contributed by atoms with Gasteiger partial charge in [0.25, 0.3) is 0 Å². The molecule has 0 amide bonds. The van der Waals surface area contributed by atoms with E-state index in [1.807, 2.05) is 11.0 Å². The van der Waals surface area contributed by atoms with E-state index in [0.29, 0.717) is 6.04 Å². The van der Waals surface area contributed by atoms with Gasteiger partial charge in [-0.2, -0.15) is 0 Å². The lowest BCUT2D eigenvalue weighted by Gasteiger charge is -2.09. The molecule has 0 aliphatic carbocycles. The van der Waals surface area contributed by atoms with Gasteiger partial charge in [-0.05, 0) is 6.92 Å². The molecule has 1 N–H and O–H groups in total. The van der Waals surface area contributed by atoms with Crippen molar-refractivity contribution < 1.29 is 0 Å². The van der Waals surface area contributed by atoms with Gasteiger partial charge in [0.1, 0.15) is 0 Å². The fourth-order valence-corrected chi connectivity index (χ4v) is 2.33. The molecule has 0 spiro atoms. The predicted octanol–water partition coefficient (Wildman–Crippen LogP) is 2.45. The zero-order chi connectivity index (χ0) is 9.80. The first kappa shape index (κ1) is 9.76. The summed E-state index contributed by atoms with van der Waals surface area (Å²) in [6.07, 6.45) is 0. The summed E-state index contributed by atoms with van der Waals surface area (Å²) in [6, 6.07) is 0.294. The molecule has 0 aromatic carbocycles. The quantitative estimate of drug-likeness (QED) is 0.868. The fourth-order valence-electron chi connectivity index (χ4n) is 1.12. The smallest absolute Gasteiger partial charge is 0.0795 e. The summed E-state index contributed by atoms with van der Waals surface area (Å²) < 4.78 is 0. The van der Waals surface area contributed by atoms with Gasteiger partial charge in [0, 0.05) is 23.3 Å². The highest BCUT2D eigenvalue weighted by atomic mass is 32.1. The molecule has 2 heterocycles. The maximum absolute atomic E-state index is 4.25. The zero-order valence-corrected chi connectivity index (χ0v) is 9.44. The third-order valence-corrected chi connectivity index (χ3v) is 3.21. The monoisotopic (exact) mass is 225 g/mol. The molecule has 14 heavy (non-hydrogen) atoms. The molecule has 0 bridgehead atoms. The van der Waals surface area contributed by atoms with E-state index in [-0.39, 0.29) is 0 Å². The van der Waals surface area contributed by atoms with Gasteiger partial charge in [-0.15, -0.1) is 22.7 Å². The highest BCUT2D eigenvalue weighted by molar-refractivity contribution is 7.07. The van der Waals surface area contributed by atoms with E-state index in [0.717, 1.165) is 17.9 Å². The third-order valence-electron chi connectivity index (χ3n) is 1.97. The summed E-state index contributed by atoms with van der Waals surface area (Å²) in [5.41, 5.74) is 5.91. The Balaban J connectivity index is 1.87. The number of hydrogen-bond acceptors (Lipinski definition) is 5. The number of hydrogen-bond donors (Lipinski definition) is 1. The summed E-state index contributed by atoms with van der Waals surface area (Å²) >= 11 is 3.25. The standard InChI is InChI=1S/C9H11N3S2/c1-7(9-4-14-6-12-9)10-2-8-3-13-5-11-8/h3-7,10H,2H2,1H3. The van der Waals surface area contributed by atoms with E-state index < -0.39 is 0 Å². The molecule has 0 radical (unpaired) electrons. The van der Waals surface area contributed by atoms with Crippen LogP contribution >= 0.6 is 22.7 Å². The van der Waals surface area contributed by atoms with E-state index >= 15 is 0 Å². The number of nitrogens with one attached hydrogen (secondary N) is 1. The Kier molecular flexibility index (Phi) is 3.23. The van der Waals surface area contributed by atoms with E-state index in [2.05, 4.69) is 33.0 Å². The van der Waals surface area contributed by atoms with Crippen LogP contribution in [-0.2, 0) is 6.54 Å². The van der Waals surface area contributed by atoms with Crippen molar-refractivity contribution in [3.63, 3.8) is 0 Å². The Bertz CT molecular complexity index is 355. The highest BCUT2D eigenvalue weighted by Crippen LogP contribution is 2.12. The van der Waals surface area contributed by atoms with Gasteiger partial charge >= 0.3 is 0 Å². The maximum atomic E-state index is 4.25. The lowest BCUT2D eigenvalue weighted by atomic mass is 10.2. The second-order valence-electron chi connectivity index (χ2n) is 3.00. The maximum Gasteiger partial charge on any atom is 0.0795 e. The number of rotatable bonds is 4. The van der Waals surface area contributed by atoms with E-state index in [1.165, 1.54) is 0 Å². The second kappa shape index (κ2) is 4.63. The first-order valence-electron chi connectivity index (χ1n) is 4.35. The van der Waals surface area contributed by atoms with Crippen LogP contribution in [0.15, 0.2) is 21.8 Å². The van der Waals surface area contributed by atoms with Gasteiger partial charge in [0.2, 0.25) is 0 Å². The van der Waals surface area contributed by atoms with Crippen LogP contribution in [0.25, 0.3) is 0 Å². The van der Waals surface area contributed by atoms with Crippen molar-refractivity contribution in [3.05, 3.63) is 33.2 Å². The van der Waals surface area contributed by atoms with Crippen LogP contribution in [-0.4, -0.2) is 9.97 Å². The summed E-state index contributed by atoms with van der Waals surface area (Å²) in [7, 11) is 0. The molecule has 1 atom stereocenters. The molecule has 5 heteroatoms. The molecule has 2 rings (SSSR count). The molecule has 0 fully saturated rings. The topological polar surface area (TPSA) is 37.8 Å². The SMILES string of the molecule is CC(NCc1cscn1)c1cscn1. The van der Waals surface area contributed by atoms with Gasteiger partial charge in [0.05, 0.1) is 22.4 Å². The van der Waals surface area contributed by atoms with Crippen LogP contribution in [0.1, 0.15) is 24.4 Å². The molecule has 0 saturated carbocycles. The van der Waals surface area contributed by atoms with Crippen molar-refractivity contribution in [2.45, 2.75) is 19.5 Å². The molecule has 3 nitrogen and oxygen atoms in total. The third kappa shape index (κ3) is 2.37. The minimum absolute atomic E-state index is 0.294. The van der Waals surface area contributed by atoms with Gasteiger partial charge in [-0.25, -0.2) is 9.97 Å².